The van der Waals surface area contributed by atoms with Gasteiger partial charge in [-0.25, -0.2) is 0 Å². The van der Waals surface area contributed by atoms with Gasteiger partial charge in [-0.05, 0) is 9.91 Å². The summed E-state index contributed by atoms with van der Waals surface area (Å²) in [5.74, 6) is 4.31. The lowest BCUT2D eigenvalue weighted by molar-refractivity contribution is -0.389. The molecule has 3 N–H and O–H groups in total. The lowest BCUT2D eigenvalue weighted by atomic mass is 10.2. The van der Waals surface area contributed by atoms with E-state index in [4.69, 9.17) is 11.1 Å². The van der Waals surface area contributed by atoms with E-state index in [-0.39, 0.29) is 24.2 Å². The molecule has 0 aliphatic carbocycles. The summed E-state index contributed by atoms with van der Waals surface area (Å²) in [4.78, 5) is 26.8. The molecular formula is C10H12N6O3. The lowest BCUT2D eigenvalue weighted by Gasteiger charge is -2.16. The Bertz CT molecular complexity index is 539. The zero-order valence-corrected chi connectivity index (χ0v) is 10.2. The maximum Gasteiger partial charge on any atom is 0.364 e. The van der Waals surface area contributed by atoms with Crippen molar-refractivity contribution in [3.63, 3.8) is 0 Å². The molecule has 0 aliphatic rings. The molecule has 1 amide bonds. The zero-order chi connectivity index (χ0) is 14.4. The van der Waals surface area contributed by atoms with Crippen molar-refractivity contribution in [2.75, 3.05) is 19.0 Å². The molecule has 1 heterocycles. The summed E-state index contributed by atoms with van der Waals surface area (Å²) in [7, 11) is 1.49. The average Bonchev–Trinajstić information content (AvgIpc) is 2.42. The highest BCUT2D eigenvalue weighted by molar-refractivity contribution is 5.99. The number of rotatable bonds is 5. The summed E-state index contributed by atoms with van der Waals surface area (Å²) < 4.78 is 0. The molecule has 0 aliphatic heterocycles. The summed E-state index contributed by atoms with van der Waals surface area (Å²) in [5, 5.41) is 19.1. The molecule has 0 bridgehead atoms. The van der Waals surface area contributed by atoms with E-state index < -0.39 is 16.6 Å². The van der Waals surface area contributed by atoms with Gasteiger partial charge in [0.25, 0.3) is 5.91 Å². The molecule has 0 aromatic carbocycles. The number of pyridine rings is 1. The molecular weight excluding hydrogens is 252 g/mol. The Hall–Kier alpha value is -2.73. The minimum absolute atomic E-state index is 0.0321. The molecule has 0 saturated heterocycles. The largest absolute Gasteiger partial charge is 0.364 e. The highest BCUT2D eigenvalue weighted by atomic mass is 16.6. The van der Waals surface area contributed by atoms with Gasteiger partial charge in [-0.2, -0.15) is 5.26 Å². The van der Waals surface area contributed by atoms with E-state index in [1.807, 2.05) is 6.07 Å². The van der Waals surface area contributed by atoms with Gasteiger partial charge in [0.15, 0.2) is 6.20 Å². The highest BCUT2D eigenvalue weighted by Gasteiger charge is 2.21. The number of amides is 1. The number of aromatic nitrogens is 1. The van der Waals surface area contributed by atoms with E-state index in [2.05, 4.69) is 10.4 Å². The molecule has 1 rings (SSSR count). The summed E-state index contributed by atoms with van der Waals surface area (Å²) in [5.41, 5.74) is 2.47. The minimum Gasteiger partial charge on any atom is -0.358 e. The SMILES string of the molecule is CN(CCC#N)C(=O)c1cc([N+](=O)[O-])ncc1NN. The van der Waals surface area contributed by atoms with Crippen molar-refractivity contribution in [3.05, 3.63) is 27.9 Å². The first-order valence-electron chi connectivity index (χ1n) is 5.24. The van der Waals surface area contributed by atoms with E-state index in [0.717, 1.165) is 12.3 Å². The highest BCUT2D eigenvalue weighted by Crippen LogP contribution is 2.20. The molecule has 0 spiro atoms. The van der Waals surface area contributed by atoms with E-state index in [1.165, 1.54) is 11.9 Å². The Kier molecular flexibility index (Phi) is 4.73. The second-order valence-corrected chi connectivity index (χ2v) is 3.62. The van der Waals surface area contributed by atoms with Crippen molar-refractivity contribution in [2.45, 2.75) is 6.42 Å². The van der Waals surface area contributed by atoms with Crippen LogP contribution in [0.25, 0.3) is 0 Å². The van der Waals surface area contributed by atoms with Crippen LogP contribution in [0.1, 0.15) is 16.8 Å². The number of nitriles is 1. The van der Waals surface area contributed by atoms with E-state index in [0.29, 0.717) is 0 Å². The number of nitrogens with zero attached hydrogens (tertiary/aromatic N) is 4. The number of hydrazine groups is 1. The molecule has 0 fully saturated rings. The molecule has 19 heavy (non-hydrogen) atoms. The van der Waals surface area contributed by atoms with Gasteiger partial charge in [-0.1, -0.05) is 0 Å². The molecule has 0 radical (unpaired) electrons. The maximum atomic E-state index is 12.1. The maximum absolute atomic E-state index is 12.1. The first kappa shape index (κ1) is 14.3. The standard InChI is InChI=1S/C10H12N6O3/c1-15(4-2-3-11)10(17)7-5-9(16(18)19)13-6-8(7)14-12/h5-6,14H,2,4,12H2,1H3. The Morgan fingerprint density at radius 1 is 1.74 bits per heavy atom. The molecule has 0 atom stereocenters. The van der Waals surface area contributed by atoms with Crippen molar-refractivity contribution in [1.29, 1.82) is 5.26 Å². The number of carbonyl (C=O) groups is 1. The van der Waals surface area contributed by atoms with Gasteiger partial charge in [-0.3, -0.25) is 10.6 Å². The van der Waals surface area contributed by atoms with Gasteiger partial charge < -0.3 is 20.4 Å². The van der Waals surface area contributed by atoms with Crippen LogP contribution in [0, 0.1) is 21.4 Å². The van der Waals surface area contributed by atoms with Crippen molar-refractivity contribution >= 4 is 17.4 Å². The van der Waals surface area contributed by atoms with Gasteiger partial charge in [0.2, 0.25) is 0 Å². The van der Waals surface area contributed by atoms with Gasteiger partial charge in [0.1, 0.15) is 5.69 Å². The van der Waals surface area contributed by atoms with Crippen LogP contribution < -0.4 is 11.3 Å². The number of hydrogen-bond donors (Lipinski definition) is 2. The van der Waals surface area contributed by atoms with E-state index in [9.17, 15) is 14.9 Å². The van der Waals surface area contributed by atoms with E-state index in [1.54, 1.807) is 0 Å². The second-order valence-electron chi connectivity index (χ2n) is 3.62. The van der Waals surface area contributed by atoms with Gasteiger partial charge in [0, 0.05) is 13.6 Å². The fourth-order valence-electron chi connectivity index (χ4n) is 1.36. The number of carbonyl (C=O) groups excluding carboxylic acids is 1. The van der Waals surface area contributed by atoms with Crippen LogP contribution in [0.2, 0.25) is 0 Å². The van der Waals surface area contributed by atoms with Crippen LogP contribution in [0.15, 0.2) is 12.3 Å². The summed E-state index contributed by atoms with van der Waals surface area (Å²) in [6, 6.07) is 2.95. The number of nitrogens with two attached hydrogens (primary N) is 1. The van der Waals surface area contributed by atoms with Crippen LogP contribution in [0.4, 0.5) is 11.5 Å². The van der Waals surface area contributed by atoms with Crippen molar-refractivity contribution in [1.82, 2.24) is 9.88 Å². The predicted molar refractivity (Wildman–Crippen MR) is 65.9 cm³/mol. The number of nitrogens with one attached hydrogen (secondary N) is 1. The quantitative estimate of drug-likeness (QED) is 0.441. The van der Waals surface area contributed by atoms with Crippen LogP contribution in [0.5, 0.6) is 0 Å². The Morgan fingerprint density at radius 3 is 2.95 bits per heavy atom. The third kappa shape index (κ3) is 3.36. The fourth-order valence-corrected chi connectivity index (χ4v) is 1.36. The zero-order valence-electron chi connectivity index (χ0n) is 10.2. The van der Waals surface area contributed by atoms with Crippen LogP contribution in [0.3, 0.4) is 0 Å². The third-order valence-corrected chi connectivity index (χ3v) is 2.37. The molecule has 9 heteroatoms. The molecule has 0 unspecified atom stereocenters. The van der Waals surface area contributed by atoms with Crippen molar-refractivity contribution in [2.24, 2.45) is 5.84 Å². The summed E-state index contributed by atoms with van der Waals surface area (Å²) in [6.07, 6.45) is 1.28. The van der Waals surface area contributed by atoms with Crippen molar-refractivity contribution in [3.8, 4) is 6.07 Å². The first-order valence-corrected chi connectivity index (χ1v) is 5.24. The molecule has 100 valence electrons. The Labute approximate surface area is 108 Å². The third-order valence-electron chi connectivity index (χ3n) is 2.37. The Morgan fingerprint density at radius 2 is 2.42 bits per heavy atom. The normalized spacial score (nSPS) is 9.53. The van der Waals surface area contributed by atoms with Gasteiger partial charge in [-0.15, -0.1) is 0 Å². The number of nitrogen functional groups attached to an aromatic ring is 1. The van der Waals surface area contributed by atoms with Crippen LogP contribution in [-0.2, 0) is 0 Å². The second kappa shape index (κ2) is 6.27. The molecule has 1 aromatic heterocycles. The monoisotopic (exact) mass is 264 g/mol. The molecule has 0 saturated carbocycles. The number of hydrogen-bond acceptors (Lipinski definition) is 7. The predicted octanol–water partition coefficient (Wildman–Crippen LogP) is 0.261. The average molecular weight is 264 g/mol. The summed E-state index contributed by atoms with van der Waals surface area (Å²) >= 11 is 0. The lowest BCUT2D eigenvalue weighted by Crippen LogP contribution is -2.29. The van der Waals surface area contributed by atoms with Gasteiger partial charge in [0.05, 0.1) is 24.1 Å². The van der Waals surface area contributed by atoms with E-state index >= 15 is 0 Å². The van der Waals surface area contributed by atoms with Crippen LogP contribution in [-0.4, -0.2) is 34.3 Å². The molecule has 9 nitrogen and oxygen atoms in total. The smallest absolute Gasteiger partial charge is 0.358 e. The van der Waals surface area contributed by atoms with Gasteiger partial charge >= 0.3 is 5.82 Å². The minimum atomic E-state index is -0.702. The molecule has 1 aromatic rings. The van der Waals surface area contributed by atoms with Crippen LogP contribution >= 0.6 is 0 Å². The Balaban J connectivity index is 3.09. The summed E-state index contributed by atoms with van der Waals surface area (Å²) in [6.45, 7) is 0.218. The van der Waals surface area contributed by atoms with Crippen molar-refractivity contribution < 1.29 is 9.72 Å². The fraction of sp³-hybridized carbons (Fsp3) is 0.300. The topological polar surface area (TPSA) is 138 Å². The number of anilines is 1. The number of nitro groups is 1. The first-order chi connectivity index (χ1) is 9.01.